The fourth-order valence-corrected chi connectivity index (χ4v) is 2.64. The van der Waals surface area contributed by atoms with Crippen molar-refractivity contribution in [3.8, 4) is 0 Å². The molecule has 0 saturated carbocycles. The van der Waals surface area contributed by atoms with E-state index in [9.17, 15) is 0 Å². The Morgan fingerprint density at radius 3 is 2.12 bits per heavy atom. The Hall–Kier alpha value is -0.660. The first-order chi connectivity index (χ1) is 8.33. The molecule has 0 radical (unpaired) electrons. The Bertz CT molecular complexity index is 213. The summed E-state index contributed by atoms with van der Waals surface area (Å²) in [5.41, 5.74) is 0. The average Bonchev–Trinajstić information content (AvgIpc) is 2.75. The summed E-state index contributed by atoms with van der Waals surface area (Å²) in [7, 11) is 0. The molecule has 1 unspecified atom stereocenters. The van der Waals surface area contributed by atoms with Crippen molar-refractivity contribution in [2.24, 2.45) is 0 Å². The number of nitrogens with zero attached hydrogens (tertiary/aromatic N) is 2. The van der Waals surface area contributed by atoms with E-state index >= 15 is 0 Å². The lowest BCUT2D eigenvalue weighted by Crippen LogP contribution is -2.38. The van der Waals surface area contributed by atoms with Crippen LogP contribution in [-0.4, -0.2) is 29.1 Å². The fourth-order valence-electron chi connectivity index (χ4n) is 2.64. The average molecular weight is 238 g/mol. The Kier molecular flexibility index (Phi) is 7.14. The maximum absolute atomic E-state index is 2.52. The first-order valence-electron chi connectivity index (χ1n) is 7.53. The molecule has 0 saturated heterocycles. The molecule has 2 heteroatoms. The smallest absolute Gasteiger partial charge is 0.100 e. The van der Waals surface area contributed by atoms with Crippen LogP contribution in [0.1, 0.15) is 65.7 Å². The molecule has 1 aliphatic heterocycles. The highest BCUT2D eigenvalue weighted by atomic mass is 15.4. The molecule has 0 aromatic carbocycles. The van der Waals surface area contributed by atoms with E-state index in [1.54, 1.807) is 0 Å². The summed E-state index contributed by atoms with van der Waals surface area (Å²) in [6.07, 6.45) is 14.7. The summed E-state index contributed by atoms with van der Waals surface area (Å²) in [4.78, 5) is 4.96. The minimum atomic E-state index is 0.621. The van der Waals surface area contributed by atoms with Crippen LogP contribution >= 0.6 is 0 Å². The van der Waals surface area contributed by atoms with Crippen LogP contribution in [0.3, 0.4) is 0 Å². The van der Waals surface area contributed by atoms with Crippen molar-refractivity contribution in [1.29, 1.82) is 0 Å². The first kappa shape index (κ1) is 14.4. The van der Waals surface area contributed by atoms with Crippen LogP contribution in [0.15, 0.2) is 12.4 Å². The highest BCUT2D eigenvalue weighted by Gasteiger charge is 2.22. The van der Waals surface area contributed by atoms with Crippen LogP contribution < -0.4 is 0 Å². The van der Waals surface area contributed by atoms with E-state index in [-0.39, 0.29) is 0 Å². The zero-order chi connectivity index (χ0) is 12.5. The Morgan fingerprint density at radius 2 is 1.47 bits per heavy atom. The molecule has 17 heavy (non-hydrogen) atoms. The summed E-state index contributed by atoms with van der Waals surface area (Å²) in [5.74, 6) is 0. The molecule has 1 heterocycles. The summed E-state index contributed by atoms with van der Waals surface area (Å²) in [5, 5.41) is 0. The molecule has 0 bridgehead atoms. The second-order valence-electron chi connectivity index (χ2n) is 5.02. The van der Waals surface area contributed by atoms with E-state index in [1.807, 2.05) is 0 Å². The van der Waals surface area contributed by atoms with Crippen LogP contribution in [0, 0.1) is 0 Å². The molecule has 0 aliphatic carbocycles. The predicted molar refractivity (Wildman–Crippen MR) is 75.7 cm³/mol. The highest BCUT2D eigenvalue weighted by molar-refractivity contribution is 4.95. The SMILES string of the molecule is CCCCCCCCN1C=CN(CC)C1CC. The zero-order valence-corrected chi connectivity index (χ0v) is 12.0. The highest BCUT2D eigenvalue weighted by Crippen LogP contribution is 2.19. The lowest BCUT2D eigenvalue weighted by molar-refractivity contribution is 0.151. The number of hydrogen-bond donors (Lipinski definition) is 0. The number of unbranched alkanes of at least 4 members (excludes halogenated alkanes) is 5. The van der Waals surface area contributed by atoms with Gasteiger partial charge in [0.2, 0.25) is 0 Å². The van der Waals surface area contributed by atoms with Crippen molar-refractivity contribution in [2.75, 3.05) is 13.1 Å². The Labute approximate surface area is 108 Å². The van der Waals surface area contributed by atoms with Gasteiger partial charge in [0.25, 0.3) is 0 Å². The number of rotatable bonds is 9. The second-order valence-corrected chi connectivity index (χ2v) is 5.02. The van der Waals surface area contributed by atoms with Gasteiger partial charge in [0.15, 0.2) is 0 Å². The largest absolute Gasteiger partial charge is 0.356 e. The summed E-state index contributed by atoms with van der Waals surface area (Å²) in [6.45, 7) is 9.16. The molecule has 0 aromatic heterocycles. The third-order valence-electron chi connectivity index (χ3n) is 3.72. The van der Waals surface area contributed by atoms with Crippen LogP contribution in [0.25, 0.3) is 0 Å². The van der Waals surface area contributed by atoms with Gasteiger partial charge in [-0.25, -0.2) is 0 Å². The van der Waals surface area contributed by atoms with Gasteiger partial charge >= 0.3 is 0 Å². The van der Waals surface area contributed by atoms with Crippen LogP contribution in [0.4, 0.5) is 0 Å². The zero-order valence-electron chi connectivity index (χ0n) is 12.0. The third-order valence-corrected chi connectivity index (χ3v) is 3.72. The van der Waals surface area contributed by atoms with Crippen molar-refractivity contribution in [3.05, 3.63) is 12.4 Å². The van der Waals surface area contributed by atoms with E-state index in [0.29, 0.717) is 6.17 Å². The second kappa shape index (κ2) is 8.43. The van der Waals surface area contributed by atoms with E-state index in [0.717, 1.165) is 6.54 Å². The Balaban J connectivity index is 2.12. The summed E-state index contributed by atoms with van der Waals surface area (Å²) in [6, 6.07) is 0. The van der Waals surface area contributed by atoms with Gasteiger partial charge in [0.05, 0.1) is 0 Å². The quantitative estimate of drug-likeness (QED) is 0.556. The molecule has 100 valence electrons. The third kappa shape index (κ3) is 4.61. The summed E-state index contributed by atoms with van der Waals surface area (Å²) >= 11 is 0. The van der Waals surface area contributed by atoms with Crippen LogP contribution in [0.5, 0.6) is 0 Å². The maximum atomic E-state index is 2.52. The van der Waals surface area contributed by atoms with Gasteiger partial charge in [-0.2, -0.15) is 0 Å². The summed E-state index contributed by atoms with van der Waals surface area (Å²) < 4.78 is 0. The molecule has 0 aromatic rings. The van der Waals surface area contributed by atoms with Crippen molar-refractivity contribution < 1.29 is 0 Å². The van der Waals surface area contributed by atoms with Crippen molar-refractivity contribution in [2.45, 2.75) is 71.9 Å². The molecule has 0 N–H and O–H groups in total. The van der Waals surface area contributed by atoms with Gasteiger partial charge in [-0.3, -0.25) is 0 Å². The predicted octanol–water partition coefficient (Wildman–Crippen LogP) is 4.19. The van der Waals surface area contributed by atoms with E-state index in [2.05, 4.69) is 43.0 Å². The van der Waals surface area contributed by atoms with E-state index in [4.69, 9.17) is 0 Å². The molecule has 0 fully saturated rings. The van der Waals surface area contributed by atoms with Gasteiger partial charge in [-0.05, 0) is 19.8 Å². The van der Waals surface area contributed by atoms with E-state index in [1.165, 1.54) is 51.5 Å². The molecule has 0 spiro atoms. The standard InChI is InChI=1S/C15H30N2/c1-4-7-8-9-10-11-12-17-14-13-16(6-3)15(17)5-2/h13-15H,4-12H2,1-3H3. The minimum absolute atomic E-state index is 0.621. The molecule has 0 amide bonds. The molecule has 1 rings (SSSR count). The van der Waals surface area contributed by atoms with Gasteiger partial charge in [-0.1, -0.05) is 46.0 Å². The molecular weight excluding hydrogens is 208 g/mol. The lowest BCUT2D eigenvalue weighted by Gasteiger charge is -2.31. The van der Waals surface area contributed by atoms with Crippen LogP contribution in [0.2, 0.25) is 0 Å². The molecule has 1 atom stereocenters. The van der Waals surface area contributed by atoms with Gasteiger partial charge in [0, 0.05) is 25.5 Å². The monoisotopic (exact) mass is 238 g/mol. The first-order valence-corrected chi connectivity index (χ1v) is 7.53. The van der Waals surface area contributed by atoms with Gasteiger partial charge in [0.1, 0.15) is 6.17 Å². The van der Waals surface area contributed by atoms with Crippen LogP contribution in [-0.2, 0) is 0 Å². The molecule has 1 aliphatic rings. The van der Waals surface area contributed by atoms with Crippen molar-refractivity contribution >= 4 is 0 Å². The maximum Gasteiger partial charge on any atom is 0.100 e. The number of hydrogen-bond acceptors (Lipinski definition) is 2. The normalized spacial score (nSPS) is 19.4. The van der Waals surface area contributed by atoms with Gasteiger partial charge < -0.3 is 9.80 Å². The topological polar surface area (TPSA) is 6.48 Å². The van der Waals surface area contributed by atoms with Crippen molar-refractivity contribution in [3.63, 3.8) is 0 Å². The Morgan fingerprint density at radius 1 is 0.824 bits per heavy atom. The van der Waals surface area contributed by atoms with Gasteiger partial charge in [-0.15, -0.1) is 0 Å². The van der Waals surface area contributed by atoms with E-state index < -0.39 is 0 Å². The molecular formula is C15H30N2. The molecule has 2 nitrogen and oxygen atoms in total. The fraction of sp³-hybridized carbons (Fsp3) is 0.867. The van der Waals surface area contributed by atoms with Crippen molar-refractivity contribution in [1.82, 2.24) is 9.80 Å². The minimum Gasteiger partial charge on any atom is -0.356 e. The lowest BCUT2D eigenvalue weighted by atomic mass is 10.1.